The molecule has 16 heteroatoms. The molecule has 1 saturated carbocycles. The lowest BCUT2D eigenvalue weighted by Gasteiger charge is -2.36. The first-order valence-corrected chi connectivity index (χ1v) is 13.2. The number of halogens is 7. The number of hydrogen-bond acceptors (Lipinski definition) is 7. The van der Waals surface area contributed by atoms with E-state index in [0.717, 1.165) is 22.9 Å². The Morgan fingerprint density at radius 2 is 1.84 bits per heavy atom. The van der Waals surface area contributed by atoms with Gasteiger partial charge in [-0.1, -0.05) is 0 Å². The molecule has 0 bridgehead atoms. The number of carboxylic acids is 1. The minimum absolute atomic E-state index is 0.0382. The number of pyridine rings is 1. The van der Waals surface area contributed by atoms with Crippen molar-refractivity contribution in [2.75, 3.05) is 0 Å². The Morgan fingerprint density at radius 3 is 2.51 bits per heavy atom. The van der Waals surface area contributed by atoms with Crippen molar-refractivity contribution in [3.8, 4) is 23.2 Å². The first-order valence-electron chi connectivity index (χ1n) is 13.2. The Kier molecular flexibility index (Phi) is 6.93. The van der Waals surface area contributed by atoms with Gasteiger partial charge in [-0.25, -0.2) is 13.5 Å². The second-order valence-corrected chi connectivity index (χ2v) is 10.5. The average molecular weight is 617 g/mol. The number of carbonyl (C=O) groups is 1. The Morgan fingerprint density at radius 1 is 1.14 bits per heavy atom. The van der Waals surface area contributed by atoms with E-state index in [1.54, 1.807) is 0 Å². The maximum absolute atomic E-state index is 14.8. The fourth-order valence-corrected chi connectivity index (χ4v) is 5.43. The van der Waals surface area contributed by atoms with E-state index >= 15 is 0 Å². The smallest absolute Gasteiger partial charge is 0.481 e. The Labute approximate surface area is 238 Å². The van der Waals surface area contributed by atoms with E-state index in [1.165, 1.54) is 6.92 Å². The second kappa shape index (κ2) is 10.3. The molecule has 2 aliphatic carbocycles. The molecular formula is C27H22F7N3O6. The van der Waals surface area contributed by atoms with E-state index in [0.29, 0.717) is 18.9 Å². The molecule has 0 unspecified atom stereocenters. The van der Waals surface area contributed by atoms with Crippen LogP contribution in [0, 0.1) is 17.6 Å². The van der Waals surface area contributed by atoms with Crippen LogP contribution in [0.3, 0.4) is 0 Å². The summed E-state index contributed by atoms with van der Waals surface area (Å²) in [6.45, 7) is 1.27. The van der Waals surface area contributed by atoms with Gasteiger partial charge in [-0.3, -0.25) is 4.79 Å². The van der Waals surface area contributed by atoms with Gasteiger partial charge in [0.15, 0.2) is 28.8 Å². The number of hydrogen-bond donors (Lipinski definition) is 1. The van der Waals surface area contributed by atoms with Crippen LogP contribution in [0.5, 0.6) is 17.4 Å². The van der Waals surface area contributed by atoms with Gasteiger partial charge in [-0.05, 0) is 57.2 Å². The van der Waals surface area contributed by atoms with Crippen molar-refractivity contribution in [1.29, 1.82) is 0 Å². The highest BCUT2D eigenvalue weighted by Crippen LogP contribution is 2.45. The van der Waals surface area contributed by atoms with Gasteiger partial charge in [-0.2, -0.15) is 23.3 Å². The van der Waals surface area contributed by atoms with Crippen molar-refractivity contribution < 1.29 is 59.6 Å². The van der Waals surface area contributed by atoms with Crippen molar-refractivity contribution in [2.45, 2.75) is 69.8 Å². The third-order valence-corrected chi connectivity index (χ3v) is 7.55. The fourth-order valence-electron chi connectivity index (χ4n) is 5.43. The molecule has 3 aliphatic rings. The summed E-state index contributed by atoms with van der Waals surface area (Å²) >= 11 is 0. The molecular weight excluding hydrogens is 595 g/mol. The van der Waals surface area contributed by atoms with Crippen LogP contribution < -0.4 is 14.2 Å². The van der Waals surface area contributed by atoms with Crippen LogP contribution in [0.25, 0.3) is 5.82 Å². The van der Waals surface area contributed by atoms with Crippen LogP contribution in [0.4, 0.5) is 30.7 Å². The van der Waals surface area contributed by atoms with E-state index in [-0.39, 0.29) is 41.9 Å². The highest BCUT2D eigenvalue weighted by atomic mass is 19.4. The van der Waals surface area contributed by atoms with Crippen LogP contribution in [-0.2, 0) is 22.1 Å². The van der Waals surface area contributed by atoms with Crippen LogP contribution in [-0.4, -0.2) is 38.2 Å². The summed E-state index contributed by atoms with van der Waals surface area (Å²) in [6, 6.07) is 3.51. The quantitative estimate of drug-likeness (QED) is 0.309. The summed E-state index contributed by atoms with van der Waals surface area (Å²) in [5.74, 6) is -5.65. The van der Waals surface area contributed by atoms with Gasteiger partial charge in [0.05, 0.1) is 17.7 Å². The molecule has 2 atom stereocenters. The molecule has 0 saturated heterocycles. The summed E-state index contributed by atoms with van der Waals surface area (Å²) in [7, 11) is 0. The molecule has 0 spiro atoms. The van der Waals surface area contributed by atoms with E-state index in [1.807, 2.05) is 0 Å². The summed E-state index contributed by atoms with van der Waals surface area (Å²) in [4.78, 5) is 15.2. The summed E-state index contributed by atoms with van der Waals surface area (Å²) in [5.41, 5.74) is -1.53. The van der Waals surface area contributed by atoms with Crippen molar-refractivity contribution in [1.82, 2.24) is 14.8 Å². The molecule has 0 radical (unpaired) electrons. The van der Waals surface area contributed by atoms with E-state index in [9.17, 15) is 35.5 Å². The number of rotatable bonds is 7. The van der Waals surface area contributed by atoms with Gasteiger partial charge in [0.1, 0.15) is 18.0 Å². The zero-order chi connectivity index (χ0) is 30.8. The lowest BCUT2D eigenvalue weighted by molar-refractivity contribution is -0.286. The maximum atomic E-state index is 14.8. The first-order chi connectivity index (χ1) is 20.2. The van der Waals surface area contributed by atoms with Crippen LogP contribution in [0.1, 0.15) is 67.3 Å². The van der Waals surface area contributed by atoms with Crippen molar-refractivity contribution >= 4 is 5.97 Å². The zero-order valence-corrected chi connectivity index (χ0v) is 22.1. The van der Waals surface area contributed by atoms with Crippen LogP contribution in [0.15, 0.2) is 24.3 Å². The molecule has 230 valence electrons. The molecule has 1 fully saturated rings. The first kappa shape index (κ1) is 29.0. The number of benzene rings is 1. The number of aliphatic carboxylic acids is 1. The van der Waals surface area contributed by atoms with Crippen LogP contribution >= 0.6 is 0 Å². The minimum atomic E-state index is -4.83. The monoisotopic (exact) mass is 617 g/mol. The molecule has 9 nitrogen and oxygen atoms in total. The molecule has 1 N–H and O–H groups in total. The van der Waals surface area contributed by atoms with E-state index in [2.05, 4.69) is 19.6 Å². The maximum Gasteiger partial charge on any atom is 0.586 e. The SMILES string of the molecule is C[C@H](Oc1nc(-n2nc(C(F)(F)F)c3c2[C@@H](O[C@H]2C[C@H](C(=O)O)C2)CCC3)ccc1F)c1cc2c(cc1F)OC(F)(F)O2. The van der Waals surface area contributed by atoms with E-state index < -0.39 is 77.4 Å². The summed E-state index contributed by atoms with van der Waals surface area (Å²) in [5, 5.41) is 12.9. The Bertz CT molecular complexity index is 1590. The van der Waals surface area contributed by atoms with Gasteiger partial charge in [0, 0.05) is 17.2 Å². The number of fused-ring (bicyclic) bond motifs is 2. The average Bonchev–Trinajstić information content (AvgIpc) is 3.43. The number of alkyl halides is 5. The highest BCUT2D eigenvalue weighted by Gasteiger charge is 2.45. The molecule has 1 aromatic carbocycles. The number of aromatic nitrogens is 3. The van der Waals surface area contributed by atoms with Crippen molar-refractivity contribution in [2.24, 2.45) is 5.92 Å². The van der Waals surface area contributed by atoms with Gasteiger partial charge in [0.2, 0.25) is 0 Å². The number of nitrogens with zero attached hydrogens (tertiary/aromatic N) is 3. The predicted octanol–water partition coefficient (Wildman–Crippen LogP) is 6.28. The highest BCUT2D eigenvalue weighted by molar-refractivity contribution is 5.71. The number of carboxylic acid groups (broad SMARTS) is 1. The molecule has 3 heterocycles. The lowest BCUT2D eigenvalue weighted by atomic mass is 9.82. The van der Waals surface area contributed by atoms with Gasteiger partial charge in [-0.15, -0.1) is 8.78 Å². The number of ether oxygens (including phenoxy) is 4. The van der Waals surface area contributed by atoms with Gasteiger partial charge in [0.25, 0.3) is 5.88 Å². The second-order valence-electron chi connectivity index (χ2n) is 10.5. The Balaban J connectivity index is 1.32. The summed E-state index contributed by atoms with van der Waals surface area (Å²) in [6.07, 6.45) is -10.4. The normalized spacial score (nSPS) is 22.9. The van der Waals surface area contributed by atoms with Crippen molar-refractivity contribution in [3.05, 3.63) is 58.4 Å². The molecule has 43 heavy (non-hydrogen) atoms. The molecule has 2 aromatic heterocycles. The van der Waals surface area contributed by atoms with Crippen molar-refractivity contribution in [3.63, 3.8) is 0 Å². The molecule has 3 aromatic rings. The largest absolute Gasteiger partial charge is 0.586 e. The topological polar surface area (TPSA) is 105 Å². The molecule has 0 amide bonds. The lowest BCUT2D eigenvalue weighted by Crippen LogP contribution is -2.37. The molecule has 1 aliphatic heterocycles. The van der Waals surface area contributed by atoms with E-state index in [4.69, 9.17) is 14.6 Å². The summed E-state index contributed by atoms with van der Waals surface area (Å²) < 4.78 is 119. The zero-order valence-electron chi connectivity index (χ0n) is 22.1. The third kappa shape index (κ3) is 5.43. The van der Waals surface area contributed by atoms with Gasteiger partial charge < -0.3 is 24.1 Å². The Hall–Kier alpha value is -4.08. The predicted molar refractivity (Wildman–Crippen MR) is 129 cm³/mol. The third-order valence-electron chi connectivity index (χ3n) is 7.55. The minimum Gasteiger partial charge on any atom is -0.481 e. The van der Waals surface area contributed by atoms with Crippen LogP contribution in [0.2, 0.25) is 0 Å². The molecule has 6 rings (SSSR count). The van der Waals surface area contributed by atoms with Gasteiger partial charge >= 0.3 is 18.4 Å². The standard InChI is InChI=1S/C27H22F7N3O6/c1-11(15-9-19-20(10-17(15)29)43-27(33,34)42-19)40-24-16(28)5-6-21(35-24)37-22-14(23(36-37)26(30,31)32)3-2-4-18(22)41-13-7-12(8-13)25(38)39/h5-6,9-13,18H,2-4,7-8H2,1H3,(H,38,39)/t11-,12-,13-,18-/m0/s1. The fraction of sp³-hybridized carbons (Fsp3) is 0.444.